The molecule has 0 spiro atoms. The van der Waals surface area contributed by atoms with Crippen LogP contribution in [0.25, 0.3) is 11.2 Å². The molecule has 0 aliphatic carbocycles. The Morgan fingerprint density at radius 2 is 2.28 bits per heavy atom. The quantitative estimate of drug-likeness (QED) is 0.244. The van der Waals surface area contributed by atoms with Crippen molar-refractivity contribution in [2.24, 2.45) is 9.98 Å². The number of aromatic amines is 1. The van der Waals surface area contributed by atoms with Crippen LogP contribution in [0.2, 0.25) is 5.02 Å². The first-order valence-corrected chi connectivity index (χ1v) is 8.90. The number of aliphatic imine (C=N–C) groups is 2. The maximum atomic E-state index is 13.4. The van der Waals surface area contributed by atoms with Gasteiger partial charge in [0.25, 0.3) is 0 Å². The second kappa shape index (κ2) is 7.99. The SMILES string of the molecule is CC1=NC(CNc2nc3nccc(C(=Nc4ccc(F)c(Cl)c4)NO)c3[nH]2)ON1. The van der Waals surface area contributed by atoms with Gasteiger partial charge in [0.05, 0.1) is 22.8 Å². The molecule has 3 aromatic rings. The predicted molar refractivity (Wildman–Crippen MR) is 106 cm³/mol. The van der Waals surface area contributed by atoms with Crippen LogP contribution >= 0.6 is 11.6 Å². The first-order chi connectivity index (χ1) is 14.0. The third-order valence-electron chi connectivity index (χ3n) is 4.02. The third kappa shape index (κ3) is 4.11. The topological polar surface area (TPSA) is 132 Å². The molecule has 10 nitrogen and oxygen atoms in total. The summed E-state index contributed by atoms with van der Waals surface area (Å²) in [6.45, 7) is 2.18. The number of imidazole rings is 1. The van der Waals surface area contributed by atoms with E-state index < -0.39 is 5.82 Å². The molecule has 1 aliphatic rings. The van der Waals surface area contributed by atoms with E-state index in [-0.39, 0.29) is 17.1 Å². The van der Waals surface area contributed by atoms with Crippen LogP contribution in [-0.4, -0.2) is 44.6 Å². The van der Waals surface area contributed by atoms with Gasteiger partial charge in [-0.2, -0.15) is 4.98 Å². The molecule has 0 bridgehead atoms. The van der Waals surface area contributed by atoms with Crippen LogP contribution in [0.3, 0.4) is 0 Å². The monoisotopic (exact) mass is 418 g/mol. The molecule has 0 fully saturated rings. The number of hydrogen-bond donors (Lipinski definition) is 5. The molecule has 0 amide bonds. The Hall–Kier alpha value is -3.28. The number of aromatic nitrogens is 3. The van der Waals surface area contributed by atoms with Crippen molar-refractivity contribution in [1.82, 2.24) is 25.9 Å². The zero-order valence-corrected chi connectivity index (χ0v) is 15.8. The molecule has 3 heterocycles. The van der Waals surface area contributed by atoms with Gasteiger partial charge >= 0.3 is 0 Å². The summed E-state index contributed by atoms with van der Waals surface area (Å²) in [6.07, 6.45) is 1.15. The number of H-pyrrole nitrogens is 1. The van der Waals surface area contributed by atoms with E-state index in [4.69, 9.17) is 16.4 Å². The van der Waals surface area contributed by atoms with E-state index >= 15 is 0 Å². The normalized spacial score (nSPS) is 16.6. The molecular formula is C17H16ClFN8O2. The van der Waals surface area contributed by atoms with Crippen molar-refractivity contribution >= 4 is 46.1 Å². The van der Waals surface area contributed by atoms with Crippen molar-refractivity contribution in [1.29, 1.82) is 0 Å². The number of nitrogens with one attached hydrogen (secondary N) is 4. The largest absolute Gasteiger partial charge is 0.351 e. The highest BCUT2D eigenvalue weighted by Crippen LogP contribution is 2.23. The Morgan fingerprint density at radius 1 is 1.41 bits per heavy atom. The number of anilines is 1. The summed E-state index contributed by atoms with van der Waals surface area (Å²) in [5.41, 5.74) is 6.54. The molecule has 0 radical (unpaired) electrons. The molecule has 4 rings (SSSR count). The van der Waals surface area contributed by atoms with E-state index in [1.54, 1.807) is 13.0 Å². The highest BCUT2D eigenvalue weighted by atomic mass is 35.5. The lowest BCUT2D eigenvalue weighted by Gasteiger charge is -2.07. The lowest BCUT2D eigenvalue weighted by atomic mass is 10.2. The molecule has 1 atom stereocenters. The first kappa shape index (κ1) is 19.1. The lowest BCUT2D eigenvalue weighted by molar-refractivity contribution is 0.0463. The summed E-state index contributed by atoms with van der Waals surface area (Å²) >= 11 is 5.80. The summed E-state index contributed by atoms with van der Waals surface area (Å²) in [4.78, 5) is 25.5. The first-order valence-electron chi connectivity index (χ1n) is 8.52. The van der Waals surface area contributed by atoms with Gasteiger partial charge in [0.2, 0.25) is 5.95 Å². The third-order valence-corrected chi connectivity index (χ3v) is 4.31. The number of amidine groups is 2. The fourth-order valence-corrected chi connectivity index (χ4v) is 2.89. The van der Waals surface area contributed by atoms with Crippen molar-refractivity contribution < 1.29 is 14.4 Å². The van der Waals surface area contributed by atoms with E-state index in [2.05, 4.69) is 41.2 Å². The Balaban J connectivity index is 1.62. The van der Waals surface area contributed by atoms with Crippen LogP contribution in [-0.2, 0) is 4.84 Å². The minimum absolute atomic E-state index is 0.0713. The van der Waals surface area contributed by atoms with Gasteiger partial charge in [0.1, 0.15) is 11.7 Å². The van der Waals surface area contributed by atoms with Crippen LogP contribution in [0.5, 0.6) is 0 Å². The highest BCUT2D eigenvalue weighted by Gasteiger charge is 2.17. The van der Waals surface area contributed by atoms with Crippen LogP contribution < -0.4 is 16.3 Å². The van der Waals surface area contributed by atoms with E-state index in [1.807, 2.05) is 0 Å². The maximum absolute atomic E-state index is 13.4. The van der Waals surface area contributed by atoms with Crippen molar-refractivity contribution in [3.05, 3.63) is 46.9 Å². The maximum Gasteiger partial charge on any atom is 0.202 e. The van der Waals surface area contributed by atoms with Gasteiger partial charge in [0.15, 0.2) is 17.7 Å². The number of benzene rings is 1. The molecule has 12 heteroatoms. The van der Waals surface area contributed by atoms with Gasteiger partial charge < -0.3 is 10.3 Å². The lowest BCUT2D eigenvalue weighted by Crippen LogP contribution is -2.22. The summed E-state index contributed by atoms with van der Waals surface area (Å²) in [6, 6.07) is 5.63. The van der Waals surface area contributed by atoms with Crippen LogP contribution in [0.15, 0.2) is 40.4 Å². The number of rotatable bonds is 5. The zero-order valence-electron chi connectivity index (χ0n) is 15.1. The summed E-state index contributed by atoms with van der Waals surface area (Å²) < 4.78 is 13.4. The molecule has 29 heavy (non-hydrogen) atoms. The molecule has 0 saturated carbocycles. The minimum Gasteiger partial charge on any atom is -0.351 e. The van der Waals surface area contributed by atoms with Crippen molar-refractivity contribution in [3.8, 4) is 0 Å². The number of hydrogen-bond acceptors (Lipinski definition) is 8. The van der Waals surface area contributed by atoms with Gasteiger partial charge in [-0.15, -0.1) is 0 Å². The van der Waals surface area contributed by atoms with E-state index in [1.165, 1.54) is 24.4 Å². The fourth-order valence-electron chi connectivity index (χ4n) is 2.71. The average Bonchev–Trinajstić information content (AvgIpc) is 3.32. The number of hydroxylamine groups is 2. The van der Waals surface area contributed by atoms with Gasteiger partial charge in [-0.05, 0) is 31.2 Å². The Morgan fingerprint density at radius 3 is 3.00 bits per heavy atom. The van der Waals surface area contributed by atoms with Crippen molar-refractivity contribution in [3.63, 3.8) is 0 Å². The minimum atomic E-state index is -0.555. The van der Waals surface area contributed by atoms with Crippen molar-refractivity contribution in [2.75, 3.05) is 11.9 Å². The second-order valence-electron chi connectivity index (χ2n) is 6.08. The average molecular weight is 419 g/mol. The van der Waals surface area contributed by atoms with E-state index in [0.717, 1.165) is 0 Å². The van der Waals surface area contributed by atoms with E-state index in [0.29, 0.717) is 40.7 Å². The molecule has 1 aliphatic heterocycles. The number of pyridine rings is 1. The van der Waals surface area contributed by atoms with Crippen LogP contribution in [0.4, 0.5) is 16.0 Å². The molecule has 5 N–H and O–H groups in total. The van der Waals surface area contributed by atoms with Gasteiger partial charge in [-0.1, -0.05) is 11.6 Å². The Kier molecular flexibility index (Phi) is 5.25. The van der Waals surface area contributed by atoms with Crippen LogP contribution in [0.1, 0.15) is 12.5 Å². The molecule has 150 valence electrons. The number of fused-ring (bicyclic) bond motifs is 1. The fraction of sp³-hybridized carbons (Fsp3) is 0.176. The smallest absolute Gasteiger partial charge is 0.202 e. The zero-order chi connectivity index (χ0) is 20.4. The van der Waals surface area contributed by atoms with Crippen molar-refractivity contribution in [2.45, 2.75) is 13.2 Å². The summed E-state index contributed by atoms with van der Waals surface area (Å²) in [5.74, 6) is 0.700. The molecule has 1 unspecified atom stereocenters. The van der Waals surface area contributed by atoms with E-state index in [9.17, 15) is 9.60 Å². The number of halogens is 2. The Labute approximate surface area is 168 Å². The molecule has 1 aromatic carbocycles. The molecule has 0 saturated heterocycles. The molecule has 2 aromatic heterocycles. The van der Waals surface area contributed by atoms with Crippen LogP contribution in [0, 0.1) is 5.82 Å². The predicted octanol–water partition coefficient (Wildman–Crippen LogP) is 2.50. The van der Waals surface area contributed by atoms with Gasteiger partial charge in [-0.3, -0.25) is 16.2 Å². The summed E-state index contributed by atoms with van der Waals surface area (Å²) in [5, 5.41) is 12.6. The van der Waals surface area contributed by atoms with Gasteiger partial charge in [-0.25, -0.2) is 24.2 Å². The standard InChI is InChI=1S/C17H16ClFN8O2/c1-8-22-13(29-27-8)7-21-17-24-14-10(4-5-20-16(14)25-17)15(26-28)23-9-2-3-12(19)11(18)6-9/h2-6,13,28H,7H2,1H3,(H,22,27)(H,23,26)(H2,20,21,24,25). The molecular weight excluding hydrogens is 403 g/mol. The Bertz CT molecular complexity index is 1120. The van der Waals surface area contributed by atoms with Gasteiger partial charge in [0, 0.05) is 11.8 Å². The highest BCUT2D eigenvalue weighted by molar-refractivity contribution is 6.31. The second-order valence-corrected chi connectivity index (χ2v) is 6.49. The summed E-state index contributed by atoms with van der Waals surface area (Å²) in [7, 11) is 0. The number of nitrogens with zero attached hydrogens (tertiary/aromatic N) is 4.